The van der Waals surface area contributed by atoms with E-state index in [-0.39, 0.29) is 0 Å². The molecule has 0 amide bonds. The van der Waals surface area contributed by atoms with Gasteiger partial charge < -0.3 is 9.47 Å². The Kier molecular flexibility index (Phi) is 10.1. The highest BCUT2D eigenvalue weighted by Crippen LogP contribution is 2.36. The van der Waals surface area contributed by atoms with Gasteiger partial charge in [-0.2, -0.15) is 0 Å². The van der Waals surface area contributed by atoms with E-state index in [9.17, 15) is 0 Å². The number of hydrogen-bond donors (Lipinski definition) is 0. The molecule has 24 heavy (non-hydrogen) atoms. The van der Waals surface area contributed by atoms with Crippen LogP contribution in [0.5, 0.6) is 0 Å². The third kappa shape index (κ3) is 7.70. The summed E-state index contributed by atoms with van der Waals surface area (Å²) in [6, 6.07) is 0. The standard InChI is InChI=1S/C22H40O2/c1-3-5-16-24-18-22-14-10-20(11-15-22)7-6-19-8-12-21(13-9-19)17-23-4-2/h3,5,19-22H,4,6-18H2,1-2H3/b5-3-/t19-,20?,21-,22?. The first-order chi connectivity index (χ1) is 11.8. The summed E-state index contributed by atoms with van der Waals surface area (Å²) >= 11 is 0. The SMILES string of the molecule is C/C=C\COCC1CCC(CC[C@H]2CC[C@H](COCC)CC2)CC1. The average molecular weight is 337 g/mol. The zero-order chi connectivity index (χ0) is 17.0. The summed E-state index contributed by atoms with van der Waals surface area (Å²) in [5, 5.41) is 0. The Hall–Kier alpha value is -0.340. The van der Waals surface area contributed by atoms with Crippen LogP contribution in [0.3, 0.4) is 0 Å². The van der Waals surface area contributed by atoms with Crippen molar-refractivity contribution in [2.75, 3.05) is 26.4 Å². The highest BCUT2D eigenvalue weighted by molar-refractivity contribution is 4.78. The van der Waals surface area contributed by atoms with Crippen LogP contribution in [0, 0.1) is 23.7 Å². The van der Waals surface area contributed by atoms with Gasteiger partial charge in [-0.05, 0) is 63.2 Å². The van der Waals surface area contributed by atoms with E-state index in [2.05, 4.69) is 26.0 Å². The molecule has 0 aliphatic heterocycles. The predicted octanol–water partition coefficient (Wildman–Crippen LogP) is 6.01. The van der Waals surface area contributed by atoms with E-state index in [1.165, 1.54) is 64.2 Å². The smallest absolute Gasteiger partial charge is 0.0647 e. The molecule has 2 saturated carbocycles. The van der Waals surface area contributed by atoms with Crippen molar-refractivity contribution in [3.63, 3.8) is 0 Å². The summed E-state index contributed by atoms with van der Waals surface area (Å²) in [6.45, 7) is 7.81. The molecule has 0 aromatic carbocycles. The minimum atomic E-state index is 0.794. The van der Waals surface area contributed by atoms with Gasteiger partial charge in [0, 0.05) is 19.8 Å². The van der Waals surface area contributed by atoms with Gasteiger partial charge in [0.25, 0.3) is 0 Å². The van der Waals surface area contributed by atoms with Gasteiger partial charge in [-0.3, -0.25) is 0 Å². The van der Waals surface area contributed by atoms with Gasteiger partial charge in [0.05, 0.1) is 6.61 Å². The summed E-state index contributed by atoms with van der Waals surface area (Å²) < 4.78 is 11.3. The Morgan fingerprint density at radius 3 is 1.62 bits per heavy atom. The fourth-order valence-electron chi connectivity index (χ4n) is 4.53. The molecule has 0 spiro atoms. The topological polar surface area (TPSA) is 18.5 Å². The Balaban J connectivity index is 1.50. The molecule has 0 saturated heterocycles. The molecule has 0 radical (unpaired) electrons. The van der Waals surface area contributed by atoms with E-state index in [0.29, 0.717) is 0 Å². The van der Waals surface area contributed by atoms with Crippen LogP contribution in [0.1, 0.15) is 78.1 Å². The summed E-state index contributed by atoms with van der Waals surface area (Å²) in [5.41, 5.74) is 0. The first kappa shape index (κ1) is 20.0. The molecule has 0 unspecified atom stereocenters. The maximum Gasteiger partial charge on any atom is 0.0647 e. The van der Waals surface area contributed by atoms with Crippen LogP contribution in [0.25, 0.3) is 0 Å². The van der Waals surface area contributed by atoms with Crippen molar-refractivity contribution in [1.29, 1.82) is 0 Å². The van der Waals surface area contributed by atoms with Gasteiger partial charge in [0.15, 0.2) is 0 Å². The number of rotatable bonds is 10. The summed E-state index contributed by atoms with van der Waals surface area (Å²) in [4.78, 5) is 0. The maximum atomic E-state index is 5.74. The molecule has 0 aromatic heterocycles. The van der Waals surface area contributed by atoms with Crippen LogP contribution in [0.15, 0.2) is 12.2 Å². The average Bonchev–Trinajstić information content (AvgIpc) is 2.64. The monoisotopic (exact) mass is 336 g/mol. The van der Waals surface area contributed by atoms with E-state index in [0.717, 1.165) is 50.1 Å². The third-order valence-corrected chi connectivity index (χ3v) is 6.28. The van der Waals surface area contributed by atoms with Gasteiger partial charge in [0.2, 0.25) is 0 Å². The Labute approximate surface area is 150 Å². The Bertz CT molecular complexity index is 323. The zero-order valence-corrected chi connectivity index (χ0v) is 16.2. The van der Waals surface area contributed by atoms with E-state index >= 15 is 0 Å². The van der Waals surface area contributed by atoms with Gasteiger partial charge in [-0.25, -0.2) is 0 Å². The van der Waals surface area contributed by atoms with Crippen molar-refractivity contribution in [3.8, 4) is 0 Å². The second kappa shape index (κ2) is 12.1. The van der Waals surface area contributed by atoms with Crippen molar-refractivity contribution in [2.45, 2.75) is 78.1 Å². The molecule has 2 rings (SSSR count). The highest BCUT2D eigenvalue weighted by Gasteiger charge is 2.24. The summed E-state index contributed by atoms with van der Waals surface area (Å²) in [5.74, 6) is 3.67. The van der Waals surface area contributed by atoms with Gasteiger partial charge >= 0.3 is 0 Å². The van der Waals surface area contributed by atoms with Crippen LogP contribution in [0.2, 0.25) is 0 Å². The third-order valence-electron chi connectivity index (χ3n) is 6.28. The molecule has 2 fully saturated rings. The molecular formula is C22H40O2. The van der Waals surface area contributed by atoms with Crippen molar-refractivity contribution in [3.05, 3.63) is 12.2 Å². The molecule has 2 aliphatic carbocycles. The van der Waals surface area contributed by atoms with Crippen LogP contribution in [0.4, 0.5) is 0 Å². The molecule has 140 valence electrons. The summed E-state index contributed by atoms with van der Waals surface area (Å²) in [7, 11) is 0. The molecule has 0 aromatic rings. The lowest BCUT2D eigenvalue weighted by Gasteiger charge is -2.31. The van der Waals surface area contributed by atoms with Crippen molar-refractivity contribution in [2.24, 2.45) is 23.7 Å². The van der Waals surface area contributed by atoms with Gasteiger partial charge in [-0.15, -0.1) is 0 Å². The first-order valence-electron chi connectivity index (χ1n) is 10.6. The molecule has 0 bridgehead atoms. The van der Waals surface area contributed by atoms with E-state index in [4.69, 9.17) is 9.47 Å². The quantitative estimate of drug-likeness (QED) is 0.359. The van der Waals surface area contributed by atoms with Crippen LogP contribution in [-0.2, 0) is 9.47 Å². The molecule has 0 heterocycles. The number of allylic oxidation sites excluding steroid dienone is 1. The molecule has 2 nitrogen and oxygen atoms in total. The minimum absolute atomic E-state index is 0.794. The normalized spacial score (nSPS) is 31.6. The number of hydrogen-bond acceptors (Lipinski definition) is 2. The van der Waals surface area contributed by atoms with Gasteiger partial charge in [0.1, 0.15) is 0 Å². The zero-order valence-electron chi connectivity index (χ0n) is 16.2. The second-order valence-corrected chi connectivity index (χ2v) is 8.12. The van der Waals surface area contributed by atoms with Crippen molar-refractivity contribution >= 4 is 0 Å². The molecule has 2 heteroatoms. The van der Waals surface area contributed by atoms with E-state index in [1.54, 1.807) is 0 Å². The summed E-state index contributed by atoms with van der Waals surface area (Å²) in [6.07, 6.45) is 18.5. The Morgan fingerprint density at radius 1 is 0.708 bits per heavy atom. The highest BCUT2D eigenvalue weighted by atomic mass is 16.5. The van der Waals surface area contributed by atoms with Crippen LogP contribution >= 0.6 is 0 Å². The van der Waals surface area contributed by atoms with Gasteiger partial charge in [-0.1, -0.05) is 50.7 Å². The molecular weight excluding hydrogens is 296 g/mol. The molecule has 2 aliphatic rings. The van der Waals surface area contributed by atoms with Crippen molar-refractivity contribution in [1.82, 2.24) is 0 Å². The molecule has 0 atom stereocenters. The lowest BCUT2D eigenvalue weighted by atomic mass is 9.76. The Morgan fingerprint density at radius 2 is 1.17 bits per heavy atom. The number of ether oxygens (including phenoxy) is 2. The van der Waals surface area contributed by atoms with Crippen LogP contribution < -0.4 is 0 Å². The largest absolute Gasteiger partial charge is 0.381 e. The van der Waals surface area contributed by atoms with Crippen molar-refractivity contribution < 1.29 is 9.47 Å². The fraction of sp³-hybridized carbons (Fsp3) is 0.909. The predicted molar refractivity (Wildman–Crippen MR) is 102 cm³/mol. The lowest BCUT2D eigenvalue weighted by molar-refractivity contribution is 0.0818. The minimum Gasteiger partial charge on any atom is -0.381 e. The fourth-order valence-corrected chi connectivity index (χ4v) is 4.53. The van der Waals surface area contributed by atoms with Crippen LogP contribution in [-0.4, -0.2) is 26.4 Å². The van der Waals surface area contributed by atoms with E-state index < -0.39 is 0 Å². The van der Waals surface area contributed by atoms with E-state index in [1.807, 2.05) is 0 Å². The lowest BCUT2D eigenvalue weighted by Crippen LogP contribution is -2.21. The maximum absolute atomic E-state index is 5.74. The second-order valence-electron chi connectivity index (χ2n) is 8.12. The molecule has 0 N–H and O–H groups in total. The first-order valence-corrected chi connectivity index (χ1v) is 10.6.